The van der Waals surface area contributed by atoms with Crippen LogP contribution in [0.15, 0.2) is 46.9 Å². The van der Waals surface area contributed by atoms with Gasteiger partial charge in [-0.3, -0.25) is 0 Å². The number of benzene rings is 2. The molecule has 0 aromatic heterocycles. The van der Waals surface area contributed by atoms with Gasteiger partial charge in [0.1, 0.15) is 5.82 Å². The monoisotopic (exact) mass is 293 g/mol. The van der Waals surface area contributed by atoms with Crippen LogP contribution in [0.25, 0.3) is 0 Å². The zero-order valence-corrected chi connectivity index (χ0v) is 11.0. The molecule has 2 aromatic carbocycles. The van der Waals surface area contributed by atoms with E-state index in [1.807, 2.05) is 31.2 Å². The lowest BCUT2D eigenvalue weighted by molar-refractivity contribution is 0.623. The van der Waals surface area contributed by atoms with E-state index >= 15 is 0 Å². The minimum absolute atomic E-state index is 0.271. The molecule has 1 atom stereocenters. The molecule has 1 nitrogen and oxygen atoms in total. The van der Waals surface area contributed by atoms with E-state index in [0.717, 1.165) is 21.2 Å². The molecule has 0 saturated carbocycles. The Bertz CT molecular complexity index is 539. The highest BCUT2D eigenvalue weighted by Crippen LogP contribution is 2.28. The minimum atomic E-state index is -0.318. The van der Waals surface area contributed by atoms with Crippen molar-refractivity contribution in [3.63, 3.8) is 0 Å². The molecule has 88 valence electrons. The lowest BCUT2D eigenvalue weighted by Crippen LogP contribution is -2.14. The Kier molecular flexibility index (Phi) is 3.60. The predicted octanol–water partition coefficient (Wildman–Crippen LogP) is 3.94. The number of hydrogen-bond donors (Lipinski definition) is 1. The van der Waals surface area contributed by atoms with Crippen molar-refractivity contribution >= 4 is 15.9 Å². The van der Waals surface area contributed by atoms with E-state index in [0.29, 0.717) is 0 Å². The molecule has 1 unspecified atom stereocenters. The van der Waals surface area contributed by atoms with Crippen molar-refractivity contribution in [2.45, 2.75) is 13.0 Å². The Morgan fingerprint density at radius 2 is 1.82 bits per heavy atom. The van der Waals surface area contributed by atoms with Gasteiger partial charge in [0.05, 0.1) is 6.04 Å². The summed E-state index contributed by atoms with van der Waals surface area (Å²) in [5.74, 6) is -0.271. The Balaban J connectivity index is 2.47. The van der Waals surface area contributed by atoms with E-state index in [1.54, 1.807) is 6.07 Å². The first-order valence-electron chi connectivity index (χ1n) is 5.35. The van der Waals surface area contributed by atoms with Crippen LogP contribution in [0.5, 0.6) is 0 Å². The van der Waals surface area contributed by atoms with Gasteiger partial charge in [-0.2, -0.15) is 0 Å². The summed E-state index contributed by atoms with van der Waals surface area (Å²) >= 11 is 3.41. The molecule has 17 heavy (non-hydrogen) atoms. The smallest absolute Gasteiger partial charge is 0.123 e. The Morgan fingerprint density at radius 3 is 2.53 bits per heavy atom. The largest absolute Gasteiger partial charge is 0.320 e. The van der Waals surface area contributed by atoms with Crippen molar-refractivity contribution < 1.29 is 4.39 Å². The maximum Gasteiger partial charge on any atom is 0.123 e. The quantitative estimate of drug-likeness (QED) is 0.892. The van der Waals surface area contributed by atoms with Gasteiger partial charge in [-0.25, -0.2) is 4.39 Å². The minimum Gasteiger partial charge on any atom is -0.320 e. The summed E-state index contributed by atoms with van der Waals surface area (Å²) in [5.41, 5.74) is 9.07. The molecule has 2 rings (SSSR count). The highest BCUT2D eigenvalue weighted by molar-refractivity contribution is 9.10. The van der Waals surface area contributed by atoms with Crippen molar-refractivity contribution in [1.29, 1.82) is 0 Å². The summed E-state index contributed by atoms with van der Waals surface area (Å²) in [6.07, 6.45) is 0. The second-order valence-electron chi connectivity index (χ2n) is 4.00. The maximum absolute atomic E-state index is 13.2. The zero-order chi connectivity index (χ0) is 12.4. The Morgan fingerprint density at radius 1 is 1.12 bits per heavy atom. The fourth-order valence-electron chi connectivity index (χ4n) is 1.86. The van der Waals surface area contributed by atoms with Crippen LogP contribution in [0.4, 0.5) is 4.39 Å². The first-order valence-corrected chi connectivity index (χ1v) is 6.15. The molecule has 0 bridgehead atoms. The second kappa shape index (κ2) is 4.98. The topological polar surface area (TPSA) is 26.0 Å². The highest BCUT2D eigenvalue weighted by atomic mass is 79.9. The molecule has 0 fully saturated rings. The van der Waals surface area contributed by atoms with Crippen LogP contribution in [0.2, 0.25) is 0 Å². The number of aryl methyl sites for hydroxylation is 1. The third-order valence-corrected chi connectivity index (χ3v) is 3.54. The van der Waals surface area contributed by atoms with Crippen molar-refractivity contribution in [2.24, 2.45) is 5.73 Å². The molecule has 0 aliphatic carbocycles. The van der Waals surface area contributed by atoms with Crippen molar-refractivity contribution in [2.75, 3.05) is 0 Å². The third-order valence-electron chi connectivity index (χ3n) is 2.82. The average molecular weight is 294 g/mol. The lowest BCUT2D eigenvalue weighted by atomic mass is 9.96. The van der Waals surface area contributed by atoms with Crippen molar-refractivity contribution in [3.8, 4) is 0 Å². The predicted molar refractivity (Wildman–Crippen MR) is 71.3 cm³/mol. The lowest BCUT2D eigenvalue weighted by Gasteiger charge is -2.16. The first-order chi connectivity index (χ1) is 8.09. The van der Waals surface area contributed by atoms with Gasteiger partial charge in [0, 0.05) is 4.47 Å². The van der Waals surface area contributed by atoms with E-state index in [4.69, 9.17) is 5.73 Å². The number of halogens is 2. The molecular formula is C14H13BrFN. The fraction of sp³-hybridized carbons (Fsp3) is 0.143. The molecule has 0 spiro atoms. The number of rotatable bonds is 2. The van der Waals surface area contributed by atoms with Crippen LogP contribution < -0.4 is 5.73 Å². The highest BCUT2D eigenvalue weighted by Gasteiger charge is 2.14. The van der Waals surface area contributed by atoms with Gasteiger partial charge in [0.15, 0.2) is 0 Å². The summed E-state index contributed by atoms with van der Waals surface area (Å²) in [5, 5.41) is 0. The summed E-state index contributed by atoms with van der Waals surface area (Å²) in [4.78, 5) is 0. The molecule has 0 radical (unpaired) electrons. The van der Waals surface area contributed by atoms with Crippen LogP contribution in [-0.2, 0) is 0 Å². The first kappa shape index (κ1) is 12.3. The van der Waals surface area contributed by atoms with Gasteiger partial charge in [-0.05, 0) is 41.8 Å². The Labute approximate surface area is 109 Å². The molecule has 2 aromatic rings. The van der Waals surface area contributed by atoms with Crippen molar-refractivity contribution in [3.05, 3.63) is 69.4 Å². The second-order valence-corrected chi connectivity index (χ2v) is 4.85. The van der Waals surface area contributed by atoms with Crippen LogP contribution >= 0.6 is 15.9 Å². The van der Waals surface area contributed by atoms with Gasteiger partial charge in [-0.15, -0.1) is 0 Å². The van der Waals surface area contributed by atoms with Gasteiger partial charge in [0.2, 0.25) is 0 Å². The van der Waals surface area contributed by atoms with Crippen LogP contribution in [-0.4, -0.2) is 0 Å². The zero-order valence-electron chi connectivity index (χ0n) is 9.45. The average Bonchev–Trinajstić information content (AvgIpc) is 2.32. The van der Waals surface area contributed by atoms with E-state index in [9.17, 15) is 4.39 Å². The standard InChI is InChI=1S/C14H13BrFN/c1-9-4-2-3-5-11(9)14(17)12-8-10(16)6-7-13(12)15/h2-8,14H,17H2,1H3. The maximum atomic E-state index is 13.2. The van der Waals surface area contributed by atoms with Gasteiger partial charge in [-0.1, -0.05) is 40.2 Å². The third kappa shape index (κ3) is 2.56. The van der Waals surface area contributed by atoms with E-state index in [1.165, 1.54) is 12.1 Å². The van der Waals surface area contributed by atoms with Crippen molar-refractivity contribution in [1.82, 2.24) is 0 Å². The van der Waals surface area contributed by atoms with E-state index < -0.39 is 0 Å². The van der Waals surface area contributed by atoms with E-state index in [2.05, 4.69) is 15.9 Å². The van der Waals surface area contributed by atoms with Crippen LogP contribution in [0, 0.1) is 12.7 Å². The normalized spacial score (nSPS) is 12.5. The summed E-state index contributed by atoms with van der Waals surface area (Å²) in [7, 11) is 0. The Hall–Kier alpha value is -1.19. The molecule has 2 N–H and O–H groups in total. The summed E-state index contributed by atoms with van der Waals surface area (Å²) in [6, 6.07) is 12.1. The molecule has 0 amide bonds. The SMILES string of the molecule is Cc1ccccc1C(N)c1cc(F)ccc1Br. The summed E-state index contributed by atoms with van der Waals surface area (Å²) in [6.45, 7) is 2.00. The molecular weight excluding hydrogens is 281 g/mol. The summed E-state index contributed by atoms with van der Waals surface area (Å²) < 4.78 is 14.1. The molecule has 0 heterocycles. The number of hydrogen-bond acceptors (Lipinski definition) is 1. The van der Waals surface area contributed by atoms with Crippen LogP contribution in [0.1, 0.15) is 22.7 Å². The number of nitrogens with two attached hydrogens (primary N) is 1. The van der Waals surface area contributed by atoms with Crippen LogP contribution in [0.3, 0.4) is 0 Å². The molecule has 3 heteroatoms. The van der Waals surface area contributed by atoms with E-state index in [-0.39, 0.29) is 11.9 Å². The fourth-order valence-corrected chi connectivity index (χ4v) is 2.35. The van der Waals surface area contributed by atoms with Gasteiger partial charge >= 0.3 is 0 Å². The molecule has 0 aliphatic rings. The van der Waals surface area contributed by atoms with Gasteiger partial charge in [0.25, 0.3) is 0 Å². The molecule has 0 saturated heterocycles. The molecule has 0 aliphatic heterocycles. The van der Waals surface area contributed by atoms with Gasteiger partial charge < -0.3 is 5.73 Å².